The summed E-state index contributed by atoms with van der Waals surface area (Å²) in [7, 11) is 0. The highest BCUT2D eigenvalue weighted by Gasteiger charge is 2.07. The zero-order valence-electron chi connectivity index (χ0n) is 8.94. The normalized spacial score (nSPS) is 9.59. The molecule has 0 aliphatic carbocycles. The van der Waals surface area contributed by atoms with Gasteiger partial charge in [-0.1, -0.05) is 0 Å². The fourth-order valence-electron chi connectivity index (χ4n) is 1.68. The molecule has 0 unspecified atom stereocenters. The fraction of sp³-hybridized carbons (Fsp3) is 0.0833. The number of allylic oxidation sites excluding steroid dienone is 1. The minimum Gasteiger partial charge on any atom is -0.346 e. The maximum absolute atomic E-state index is 8.73. The highest BCUT2D eigenvalue weighted by molar-refractivity contribution is 5.90. The number of H-pyrrole nitrogens is 1. The molecule has 2 aromatic rings. The van der Waals surface area contributed by atoms with Crippen LogP contribution in [0.15, 0.2) is 24.0 Å². The van der Waals surface area contributed by atoms with Crippen molar-refractivity contribution >= 4 is 17.1 Å². The predicted molar refractivity (Wildman–Crippen MR) is 63.2 cm³/mol. The van der Waals surface area contributed by atoms with Crippen LogP contribution in [0, 0.1) is 22.7 Å². The van der Waals surface area contributed by atoms with Crippen LogP contribution in [0.25, 0.3) is 17.1 Å². The molecule has 17 heavy (non-hydrogen) atoms. The van der Waals surface area contributed by atoms with Crippen molar-refractivity contribution in [3.8, 4) is 12.1 Å². The van der Waals surface area contributed by atoms with Crippen LogP contribution in [0.2, 0.25) is 0 Å². The van der Waals surface area contributed by atoms with Gasteiger partial charge in [-0.3, -0.25) is 0 Å². The lowest BCUT2D eigenvalue weighted by molar-refractivity contribution is 1.08. The van der Waals surface area contributed by atoms with Crippen LogP contribution in [0.3, 0.4) is 0 Å². The topological polar surface area (TPSA) is 102 Å². The van der Waals surface area contributed by atoms with Gasteiger partial charge in [0.2, 0.25) is 0 Å². The van der Waals surface area contributed by atoms with Gasteiger partial charge in [0.05, 0.1) is 0 Å². The Morgan fingerprint density at radius 3 is 2.88 bits per heavy atom. The molecule has 2 rings (SSSR count). The largest absolute Gasteiger partial charge is 0.346 e. The molecule has 0 aliphatic heterocycles. The smallest absolute Gasteiger partial charge is 0.138 e. The molecular weight excluding hydrogens is 214 g/mol. The first-order valence-electron chi connectivity index (χ1n) is 4.97. The van der Waals surface area contributed by atoms with Crippen LogP contribution >= 0.6 is 0 Å². The van der Waals surface area contributed by atoms with Gasteiger partial charge >= 0.3 is 0 Å². The summed E-state index contributed by atoms with van der Waals surface area (Å²) in [5, 5.41) is 18.3. The van der Waals surface area contributed by atoms with Gasteiger partial charge < -0.3 is 10.7 Å². The van der Waals surface area contributed by atoms with Crippen molar-refractivity contribution in [1.29, 1.82) is 10.5 Å². The van der Waals surface area contributed by atoms with E-state index in [0.717, 1.165) is 16.5 Å². The zero-order valence-corrected chi connectivity index (χ0v) is 8.94. The van der Waals surface area contributed by atoms with Gasteiger partial charge in [-0.15, -0.1) is 0 Å². The predicted octanol–water partition coefficient (Wildman–Crippen LogP) is 1.45. The molecule has 0 saturated heterocycles. The average Bonchev–Trinajstić information content (AvgIpc) is 2.79. The van der Waals surface area contributed by atoms with Crippen molar-refractivity contribution in [2.75, 3.05) is 0 Å². The Balaban J connectivity index is 2.69. The van der Waals surface area contributed by atoms with Gasteiger partial charge in [0.25, 0.3) is 0 Å². The van der Waals surface area contributed by atoms with Crippen molar-refractivity contribution in [3.05, 3.63) is 35.2 Å². The minimum absolute atomic E-state index is 0.0534. The Kier molecular flexibility index (Phi) is 2.87. The lowest BCUT2D eigenvalue weighted by atomic mass is 10.1. The Bertz CT molecular complexity index is 650. The molecule has 3 N–H and O–H groups in total. The summed E-state index contributed by atoms with van der Waals surface area (Å²) in [5.74, 6) is 0. The number of nitrogens with one attached hydrogen (secondary N) is 1. The van der Waals surface area contributed by atoms with E-state index in [0.29, 0.717) is 12.2 Å². The standard InChI is InChI=1S/C12H9N5/c13-4-8(5-14)3-10-7-17-12-11(10)9(6-15)1-2-16-12/h1-3,7H,6,15H2,(H,16,17). The average molecular weight is 223 g/mol. The molecule has 0 radical (unpaired) electrons. The number of hydrogen-bond donors (Lipinski definition) is 2. The summed E-state index contributed by atoms with van der Waals surface area (Å²) in [6.07, 6.45) is 4.91. The van der Waals surface area contributed by atoms with E-state index in [1.807, 2.05) is 18.2 Å². The first kappa shape index (κ1) is 10.9. The minimum atomic E-state index is 0.0534. The van der Waals surface area contributed by atoms with E-state index in [1.165, 1.54) is 6.08 Å². The second-order valence-electron chi connectivity index (χ2n) is 3.42. The van der Waals surface area contributed by atoms with Gasteiger partial charge in [0, 0.05) is 29.9 Å². The van der Waals surface area contributed by atoms with Gasteiger partial charge in [-0.25, -0.2) is 4.98 Å². The second kappa shape index (κ2) is 4.48. The summed E-state index contributed by atoms with van der Waals surface area (Å²) < 4.78 is 0. The number of nitrogens with two attached hydrogens (primary N) is 1. The third-order valence-electron chi connectivity index (χ3n) is 2.45. The Labute approximate surface area is 97.8 Å². The third-order valence-corrected chi connectivity index (χ3v) is 2.45. The van der Waals surface area contributed by atoms with Gasteiger partial charge in [0.15, 0.2) is 0 Å². The van der Waals surface area contributed by atoms with Crippen LogP contribution in [-0.2, 0) is 6.54 Å². The molecule has 2 heterocycles. The van der Waals surface area contributed by atoms with Crippen molar-refractivity contribution < 1.29 is 0 Å². The van der Waals surface area contributed by atoms with E-state index < -0.39 is 0 Å². The first-order valence-corrected chi connectivity index (χ1v) is 4.97. The number of nitrogens with zero attached hydrogens (tertiary/aromatic N) is 3. The van der Waals surface area contributed by atoms with E-state index >= 15 is 0 Å². The maximum atomic E-state index is 8.73. The maximum Gasteiger partial charge on any atom is 0.138 e. The SMILES string of the molecule is N#CC(C#N)=Cc1c[nH]c2nccc(CN)c12. The van der Waals surface area contributed by atoms with Crippen LogP contribution in [0.5, 0.6) is 0 Å². The molecule has 0 amide bonds. The highest BCUT2D eigenvalue weighted by atomic mass is 14.8. The molecular formula is C12H9N5. The summed E-state index contributed by atoms with van der Waals surface area (Å²) in [5.41, 5.74) is 8.09. The Morgan fingerprint density at radius 2 is 2.24 bits per heavy atom. The summed E-state index contributed by atoms with van der Waals surface area (Å²) >= 11 is 0. The highest BCUT2D eigenvalue weighted by Crippen LogP contribution is 2.22. The first-order chi connectivity index (χ1) is 8.30. The summed E-state index contributed by atoms with van der Waals surface area (Å²) in [4.78, 5) is 7.15. The van der Waals surface area contributed by atoms with Crippen LogP contribution in [-0.4, -0.2) is 9.97 Å². The molecule has 82 valence electrons. The fourth-order valence-corrected chi connectivity index (χ4v) is 1.68. The van der Waals surface area contributed by atoms with Crippen LogP contribution < -0.4 is 5.73 Å². The monoisotopic (exact) mass is 223 g/mol. The number of aromatic nitrogens is 2. The molecule has 5 heteroatoms. The van der Waals surface area contributed by atoms with Gasteiger partial charge in [-0.05, 0) is 17.7 Å². The van der Waals surface area contributed by atoms with Gasteiger partial charge in [0.1, 0.15) is 23.4 Å². The quantitative estimate of drug-likeness (QED) is 0.752. The van der Waals surface area contributed by atoms with Gasteiger partial charge in [-0.2, -0.15) is 10.5 Å². The van der Waals surface area contributed by atoms with Crippen molar-refractivity contribution in [3.63, 3.8) is 0 Å². The Hall–Kier alpha value is -2.63. The van der Waals surface area contributed by atoms with Crippen molar-refractivity contribution in [1.82, 2.24) is 9.97 Å². The third kappa shape index (κ3) is 1.87. The number of pyridine rings is 1. The second-order valence-corrected chi connectivity index (χ2v) is 3.42. The number of fused-ring (bicyclic) bond motifs is 1. The van der Waals surface area contributed by atoms with E-state index in [2.05, 4.69) is 9.97 Å². The van der Waals surface area contributed by atoms with E-state index in [9.17, 15) is 0 Å². The summed E-state index contributed by atoms with van der Waals surface area (Å²) in [6, 6.07) is 5.48. The van der Waals surface area contributed by atoms with Crippen LogP contribution in [0.1, 0.15) is 11.1 Å². The van der Waals surface area contributed by atoms with Crippen LogP contribution in [0.4, 0.5) is 0 Å². The van der Waals surface area contributed by atoms with E-state index in [1.54, 1.807) is 12.4 Å². The van der Waals surface area contributed by atoms with E-state index in [4.69, 9.17) is 16.3 Å². The lowest BCUT2D eigenvalue weighted by Gasteiger charge is -1.99. The Morgan fingerprint density at radius 1 is 1.47 bits per heavy atom. The zero-order chi connectivity index (χ0) is 12.3. The van der Waals surface area contributed by atoms with Crippen molar-refractivity contribution in [2.45, 2.75) is 6.54 Å². The molecule has 0 fully saturated rings. The molecule has 5 nitrogen and oxygen atoms in total. The lowest BCUT2D eigenvalue weighted by Crippen LogP contribution is -1.97. The molecule has 0 aliphatic rings. The molecule has 0 atom stereocenters. The van der Waals surface area contributed by atoms with E-state index in [-0.39, 0.29) is 5.57 Å². The number of nitriles is 2. The number of hydrogen-bond acceptors (Lipinski definition) is 4. The molecule has 0 saturated carbocycles. The number of aromatic amines is 1. The molecule has 0 bridgehead atoms. The molecule has 0 spiro atoms. The number of rotatable bonds is 2. The summed E-state index contributed by atoms with van der Waals surface area (Å²) in [6.45, 7) is 0.381. The molecule has 2 aromatic heterocycles. The van der Waals surface area contributed by atoms with Crippen molar-refractivity contribution in [2.24, 2.45) is 5.73 Å². The molecule has 0 aromatic carbocycles.